The zero-order valence-electron chi connectivity index (χ0n) is 19.6. The van der Waals surface area contributed by atoms with E-state index in [9.17, 15) is 14.7 Å². The standard InChI is InChI=1S/C26H31ClN2O4/c1-5-15-33-20-11-12-21(17(2)16-20)24(30)22-23(18-7-9-19(27)10-8-18)29(26(32)25(22)31)14-6-13-28(3)4/h7-12,16,23,30H,5-6,13-15H2,1-4H3/t23-/m0/s1. The molecule has 6 nitrogen and oxygen atoms in total. The van der Waals surface area contributed by atoms with Gasteiger partial charge in [0, 0.05) is 17.1 Å². The number of amides is 1. The van der Waals surface area contributed by atoms with E-state index in [1.165, 1.54) is 0 Å². The third kappa shape index (κ3) is 5.57. The van der Waals surface area contributed by atoms with Gasteiger partial charge in [-0.2, -0.15) is 0 Å². The number of hydrogen-bond acceptors (Lipinski definition) is 5. The molecule has 1 N–H and O–H groups in total. The fourth-order valence-electron chi connectivity index (χ4n) is 4.02. The Labute approximate surface area is 200 Å². The summed E-state index contributed by atoms with van der Waals surface area (Å²) in [5, 5.41) is 11.8. The van der Waals surface area contributed by atoms with Gasteiger partial charge in [-0.25, -0.2) is 0 Å². The van der Waals surface area contributed by atoms with Gasteiger partial charge in [0.15, 0.2) is 0 Å². The van der Waals surface area contributed by atoms with Crippen LogP contribution in [-0.4, -0.2) is 60.4 Å². The molecule has 1 fully saturated rings. The van der Waals surface area contributed by atoms with Crippen LogP contribution in [0.2, 0.25) is 5.02 Å². The molecular formula is C26H31ClN2O4. The average molecular weight is 471 g/mol. The summed E-state index contributed by atoms with van der Waals surface area (Å²) in [5.74, 6) is -0.758. The molecule has 1 aliphatic heterocycles. The highest BCUT2D eigenvalue weighted by atomic mass is 35.5. The van der Waals surface area contributed by atoms with Crippen molar-refractivity contribution in [2.45, 2.75) is 32.7 Å². The van der Waals surface area contributed by atoms with Crippen molar-refractivity contribution in [1.29, 1.82) is 0 Å². The summed E-state index contributed by atoms with van der Waals surface area (Å²) in [5.41, 5.74) is 2.09. The van der Waals surface area contributed by atoms with Gasteiger partial charge in [0.05, 0.1) is 18.2 Å². The molecule has 0 aliphatic carbocycles. The van der Waals surface area contributed by atoms with E-state index in [1.54, 1.807) is 41.3 Å². The van der Waals surface area contributed by atoms with E-state index >= 15 is 0 Å². The van der Waals surface area contributed by atoms with Crippen LogP contribution in [-0.2, 0) is 9.59 Å². The average Bonchev–Trinajstić information content (AvgIpc) is 3.02. The first-order chi connectivity index (χ1) is 15.7. The topological polar surface area (TPSA) is 70.1 Å². The van der Waals surface area contributed by atoms with E-state index in [0.717, 1.165) is 24.1 Å². The SMILES string of the molecule is CCCOc1ccc(C(O)=C2C(=O)C(=O)N(CCCN(C)C)[C@H]2c2ccc(Cl)cc2)c(C)c1. The number of ketones is 1. The number of ether oxygens (including phenoxy) is 1. The van der Waals surface area contributed by atoms with Gasteiger partial charge in [-0.1, -0.05) is 30.7 Å². The summed E-state index contributed by atoms with van der Waals surface area (Å²) in [6, 6.07) is 11.7. The maximum atomic E-state index is 13.1. The Hall–Kier alpha value is -2.83. The molecule has 2 aromatic rings. The summed E-state index contributed by atoms with van der Waals surface area (Å²) >= 11 is 6.07. The first-order valence-corrected chi connectivity index (χ1v) is 11.5. The van der Waals surface area contributed by atoms with Crippen molar-refractivity contribution < 1.29 is 19.4 Å². The lowest BCUT2D eigenvalue weighted by molar-refractivity contribution is -0.139. The number of Topliss-reactive ketones (excluding diaryl/α,β-unsaturated/α-hetero) is 1. The minimum absolute atomic E-state index is 0.0949. The minimum Gasteiger partial charge on any atom is -0.507 e. The minimum atomic E-state index is -0.681. The van der Waals surface area contributed by atoms with Gasteiger partial charge in [-0.3, -0.25) is 9.59 Å². The van der Waals surface area contributed by atoms with E-state index in [0.29, 0.717) is 35.9 Å². The second-order valence-corrected chi connectivity index (χ2v) is 8.96. The number of nitrogens with zero attached hydrogens (tertiary/aromatic N) is 2. The molecule has 1 saturated heterocycles. The van der Waals surface area contributed by atoms with Crippen LogP contribution in [0, 0.1) is 6.92 Å². The lowest BCUT2D eigenvalue weighted by Crippen LogP contribution is -2.32. The highest BCUT2D eigenvalue weighted by Crippen LogP contribution is 2.40. The number of likely N-dealkylation sites (tertiary alicyclic amines) is 1. The summed E-state index contributed by atoms with van der Waals surface area (Å²) in [6.07, 6.45) is 1.59. The number of hydrogen-bond donors (Lipinski definition) is 1. The van der Waals surface area contributed by atoms with E-state index in [-0.39, 0.29) is 11.3 Å². The van der Waals surface area contributed by atoms with Gasteiger partial charge in [-0.05, 0) is 81.9 Å². The molecule has 7 heteroatoms. The third-order valence-electron chi connectivity index (χ3n) is 5.66. The first kappa shape index (κ1) is 24.8. The number of benzene rings is 2. The number of aliphatic hydroxyl groups excluding tert-OH is 1. The van der Waals surface area contributed by atoms with Gasteiger partial charge in [0.1, 0.15) is 11.5 Å². The molecule has 1 heterocycles. The molecule has 3 rings (SSSR count). The second-order valence-electron chi connectivity index (χ2n) is 8.53. The summed E-state index contributed by atoms with van der Waals surface area (Å²) in [4.78, 5) is 29.7. The van der Waals surface area contributed by atoms with Crippen LogP contribution < -0.4 is 4.74 Å². The van der Waals surface area contributed by atoms with E-state index in [1.807, 2.05) is 38.9 Å². The van der Waals surface area contributed by atoms with Gasteiger partial charge >= 0.3 is 0 Å². The molecule has 0 radical (unpaired) electrons. The van der Waals surface area contributed by atoms with Crippen LogP contribution in [0.3, 0.4) is 0 Å². The molecule has 0 spiro atoms. The highest BCUT2D eigenvalue weighted by molar-refractivity contribution is 6.46. The fourth-order valence-corrected chi connectivity index (χ4v) is 4.14. The van der Waals surface area contributed by atoms with Crippen molar-refractivity contribution >= 4 is 29.1 Å². The molecule has 1 atom stereocenters. The number of carbonyl (C=O) groups excluding carboxylic acids is 2. The molecule has 176 valence electrons. The Balaban J connectivity index is 2.06. The molecular weight excluding hydrogens is 440 g/mol. The summed E-state index contributed by atoms with van der Waals surface area (Å²) in [6.45, 7) is 5.64. The van der Waals surface area contributed by atoms with Gasteiger partial charge < -0.3 is 19.6 Å². The maximum Gasteiger partial charge on any atom is 0.295 e. The van der Waals surface area contributed by atoms with Crippen LogP contribution in [0.5, 0.6) is 5.75 Å². The first-order valence-electron chi connectivity index (χ1n) is 11.2. The van der Waals surface area contributed by atoms with Crippen LogP contribution in [0.4, 0.5) is 0 Å². The largest absolute Gasteiger partial charge is 0.507 e. The van der Waals surface area contributed by atoms with Crippen molar-refractivity contribution in [2.75, 3.05) is 33.8 Å². The monoisotopic (exact) mass is 470 g/mol. The zero-order chi connectivity index (χ0) is 24.1. The van der Waals surface area contributed by atoms with Crippen molar-refractivity contribution in [1.82, 2.24) is 9.80 Å². The lowest BCUT2D eigenvalue weighted by Gasteiger charge is -2.26. The summed E-state index contributed by atoms with van der Waals surface area (Å²) in [7, 11) is 3.92. The Morgan fingerprint density at radius 1 is 1.15 bits per heavy atom. The normalized spacial score (nSPS) is 17.8. The Kier molecular flexibility index (Phi) is 8.16. The molecule has 2 aromatic carbocycles. The van der Waals surface area contributed by atoms with Gasteiger partial charge in [-0.15, -0.1) is 0 Å². The van der Waals surface area contributed by atoms with E-state index < -0.39 is 17.7 Å². The van der Waals surface area contributed by atoms with Crippen molar-refractivity contribution in [2.24, 2.45) is 0 Å². The predicted molar refractivity (Wildman–Crippen MR) is 131 cm³/mol. The number of carbonyl (C=O) groups is 2. The molecule has 0 unspecified atom stereocenters. The summed E-state index contributed by atoms with van der Waals surface area (Å²) < 4.78 is 5.67. The second kappa shape index (κ2) is 10.9. The number of rotatable bonds is 9. The molecule has 1 amide bonds. The Bertz CT molecular complexity index is 1050. The van der Waals surface area contributed by atoms with Crippen LogP contribution in [0.15, 0.2) is 48.0 Å². The molecule has 1 aliphatic rings. The van der Waals surface area contributed by atoms with Gasteiger partial charge in [0.25, 0.3) is 11.7 Å². The third-order valence-corrected chi connectivity index (χ3v) is 5.91. The van der Waals surface area contributed by atoms with E-state index in [2.05, 4.69) is 0 Å². The predicted octanol–water partition coefficient (Wildman–Crippen LogP) is 4.81. The number of aliphatic hydroxyl groups is 1. The Morgan fingerprint density at radius 2 is 1.85 bits per heavy atom. The van der Waals surface area contributed by atoms with Crippen LogP contribution >= 0.6 is 11.6 Å². The molecule has 0 saturated carbocycles. The lowest BCUT2D eigenvalue weighted by atomic mass is 9.94. The number of aryl methyl sites for hydroxylation is 1. The van der Waals surface area contributed by atoms with E-state index in [4.69, 9.17) is 16.3 Å². The highest BCUT2D eigenvalue weighted by Gasteiger charge is 2.45. The molecule has 33 heavy (non-hydrogen) atoms. The molecule has 0 bridgehead atoms. The molecule has 0 aromatic heterocycles. The smallest absolute Gasteiger partial charge is 0.295 e. The van der Waals surface area contributed by atoms with Crippen molar-refractivity contribution in [3.63, 3.8) is 0 Å². The van der Waals surface area contributed by atoms with Crippen LogP contribution in [0.25, 0.3) is 5.76 Å². The zero-order valence-corrected chi connectivity index (χ0v) is 20.4. The Morgan fingerprint density at radius 3 is 2.45 bits per heavy atom. The maximum absolute atomic E-state index is 13.1. The van der Waals surface area contributed by atoms with Crippen LogP contribution in [0.1, 0.15) is 42.5 Å². The quantitative estimate of drug-likeness (QED) is 0.323. The fraction of sp³-hybridized carbons (Fsp3) is 0.385. The number of halogens is 1. The van der Waals surface area contributed by atoms with Crippen molar-refractivity contribution in [3.8, 4) is 5.75 Å². The van der Waals surface area contributed by atoms with Gasteiger partial charge in [0.2, 0.25) is 0 Å². The van der Waals surface area contributed by atoms with Crippen molar-refractivity contribution in [3.05, 3.63) is 69.8 Å².